The second-order valence-corrected chi connectivity index (χ2v) is 5.20. The average molecular weight is 270 g/mol. The third-order valence-corrected chi connectivity index (χ3v) is 3.57. The van der Waals surface area contributed by atoms with Crippen LogP contribution in [0.5, 0.6) is 0 Å². The van der Waals surface area contributed by atoms with Crippen LogP contribution < -0.4 is 10.7 Å². The molecule has 0 spiro atoms. The number of nitrogens with one attached hydrogen (secondary N) is 1. The van der Waals surface area contributed by atoms with Crippen LogP contribution in [0.3, 0.4) is 0 Å². The van der Waals surface area contributed by atoms with Crippen LogP contribution >= 0.6 is 0 Å². The van der Waals surface area contributed by atoms with Crippen molar-refractivity contribution < 1.29 is 0 Å². The highest BCUT2D eigenvalue weighted by Crippen LogP contribution is 2.20. The van der Waals surface area contributed by atoms with Gasteiger partial charge < -0.3 is 9.88 Å². The monoisotopic (exact) mass is 270 g/mol. The quantitative estimate of drug-likeness (QED) is 0.927. The number of hydrogen-bond acceptors (Lipinski definition) is 2. The van der Waals surface area contributed by atoms with Gasteiger partial charge in [-0.3, -0.25) is 4.79 Å². The predicted molar refractivity (Wildman–Crippen MR) is 83.6 cm³/mol. The predicted octanol–water partition coefficient (Wildman–Crippen LogP) is 2.87. The minimum Gasteiger partial charge on any atom is -0.320 e. The first kappa shape index (κ1) is 14.5. The first-order valence-corrected chi connectivity index (χ1v) is 7.04. The van der Waals surface area contributed by atoms with E-state index in [1.165, 1.54) is 16.8 Å². The summed E-state index contributed by atoms with van der Waals surface area (Å²) in [6, 6.07) is 7.98. The third kappa shape index (κ3) is 2.83. The van der Waals surface area contributed by atoms with E-state index in [1.807, 2.05) is 20.0 Å². The standard InChI is InChI=1S/C17H22N2O/c1-5-18-10-15-11-19(14(4)9-16(15)20)17-12(2)7-6-8-13(17)3/h6-9,11,18H,5,10H2,1-4H3. The molecule has 0 atom stereocenters. The molecule has 0 aliphatic carbocycles. The van der Waals surface area contributed by atoms with Gasteiger partial charge in [-0.05, 0) is 38.4 Å². The third-order valence-electron chi connectivity index (χ3n) is 3.57. The van der Waals surface area contributed by atoms with Crippen molar-refractivity contribution in [3.05, 3.63) is 63.1 Å². The normalized spacial score (nSPS) is 10.8. The molecular weight excluding hydrogens is 248 g/mol. The minimum atomic E-state index is 0.103. The summed E-state index contributed by atoms with van der Waals surface area (Å²) in [5, 5.41) is 3.22. The van der Waals surface area contributed by atoms with Gasteiger partial charge in [0, 0.05) is 30.1 Å². The number of para-hydroxylation sites is 1. The maximum atomic E-state index is 12.0. The zero-order valence-corrected chi connectivity index (χ0v) is 12.7. The van der Waals surface area contributed by atoms with E-state index in [2.05, 4.69) is 41.9 Å². The molecule has 0 aliphatic rings. The summed E-state index contributed by atoms with van der Waals surface area (Å²) in [7, 11) is 0. The second-order valence-electron chi connectivity index (χ2n) is 5.20. The Hall–Kier alpha value is -1.87. The van der Waals surface area contributed by atoms with Gasteiger partial charge in [-0.15, -0.1) is 0 Å². The highest BCUT2D eigenvalue weighted by Gasteiger charge is 2.09. The van der Waals surface area contributed by atoms with Gasteiger partial charge in [0.15, 0.2) is 5.43 Å². The van der Waals surface area contributed by atoms with E-state index in [-0.39, 0.29) is 5.43 Å². The van der Waals surface area contributed by atoms with Gasteiger partial charge >= 0.3 is 0 Å². The Morgan fingerprint density at radius 3 is 2.40 bits per heavy atom. The van der Waals surface area contributed by atoms with Crippen molar-refractivity contribution in [2.75, 3.05) is 6.54 Å². The fraction of sp³-hybridized carbons (Fsp3) is 0.353. The average Bonchev–Trinajstić information content (AvgIpc) is 2.39. The van der Waals surface area contributed by atoms with E-state index in [0.29, 0.717) is 6.54 Å². The smallest absolute Gasteiger partial charge is 0.186 e. The molecule has 3 heteroatoms. The molecule has 1 aromatic heterocycles. The van der Waals surface area contributed by atoms with Crippen LogP contribution in [0.2, 0.25) is 0 Å². The fourth-order valence-corrected chi connectivity index (χ4v) is 2.49. The lowest BCUT2D eigenvalue weighted by atomic mass is 10.1. The van der Waals surface area contributed by atoms with Crippen LogP contribution in [-0.2, 0) is 6.54 Å². The lowest BCUT2D eigenvalue weighted by Crippen LogP contribution is -2.21. The largest absolute Gasteiger partial charge is 0.320 e. The van der Waals surface area contributed by atoms with Gasteiger partial charge in [0.05, 0.1) is 5.69 Å². The molecule has 20 heavy (non-hydrogen) atoms. The van der Waals surface area contributed by atoms with E-state index in [4.69, 9.17) is 0 Å². The summed E-state index contributed by atoms with van der Waals surface area (Å²) >= 11 is 0. The van der Waals surface area contributed by atoms with E-state index in [1.54, 1.807) is 6.07 Å². The van der Waals surface area contributed by atoms with Gasteiger partial charge in [0.1, 0.15) is 0 Å². The van der Waals surface area contributed by atoms with Crippen LogP contribution in [0.4, 0.5) is 0 Å². The van der Waals surface area contributed by atoms with Crippen molar-refractivity contribution in [1.82, 2.24) is 9.88 Å². The maximum Gasteiger partial charge on any atom is 0.186 e. The number of nitrogens with zero attached hydrogens (tertiary/aromatic N) is 1. The molecule has 1 N–H and O–H groups in total. The molecule has 0 radical (unpaired) electrons. The second kappa shape index (κ2) is 6.06. The summed E-state index contributed by atoms with van der Waals surface area (Å²) < 4.78 is 2.12. The summed E-state index contributed by atoms with van der Waals surface area (Å²) in [4.78, 5) is 12.0. The van der Waals surface area contributed by atoms with Crippen molar-refractivity contribution >= 4 is 0 Å². The van der Waals surface area contributed by atoms with Crippen LogP contribution in [-0.4, -0.2) is 11.1 Å². The highest BCUT2D eigenvalue weighted by molar-refractivity contribution is 5.48. The van der Waals surface area contributed by atoms with Crippen LogP contribution in [0.1, 0.15) is 29.3 Å². The van der Waals surface area contributed by atoms with Crippen molar-refractivity contribution in [1.29, 1.82) is 0 Å². The van der Waals surface area contributed by atoms with Gasteiger partial charge in [-0.2, -0.15) is 0 Å². The Labute approximate surface area is 120 Å². The Bertz CT molecular complexity index is 651. The van der Waals surface area contributed by atoms with Crippen molar-refractivity contribution in [3.63, 3.8) is 0 Å². The molecule has 0 bridgehead atoms. The number of hydrogen-bond donors (Lipinski definition) is 1. The number of benzene rings is 1. The fourth-order valence-electron chi connectivity index (χ4n) is 2.49. The van der Waals surface area contributed by atoms with Gasteiger partial charge in [0.25, 0.3) is 0 Å². The molecule has 106 valence electrons. The summed E-state index contributed by atoms with van der Waals surface area (Å²) in [6.07, 6.45) is 1.97. The Morgan fingerprint density at radius 2 is 1.80 bits per heavy atom. The first-order valence-electron chi connectivity index (χ1n) is 7.04. The summed E-state index contributed by atoms with van der Waals surface area (Å²) in [6.45, 7) is 9.69. The Balaban J connectivity index is 2.59. The number of aryl methyl sites for hydroxylation is 3. The molecule has 3 nitrogen and oxygen atoms in total. The molecule has 0 unspecified atom stereocenters. The molecule has 1 aromatic carbocycles. The van der Waals surface area contributed by atoms with Gasteiger partial charge in [-0.1, -0.05) is 25.1 Å². The number of rotatable bonds is 4. The summed E-state index contributed by atoms with van der Waals surface area (Å²) in [5.41, 5.74) is 5.47. The maximum absolute atomic E-state index is 12.0. The Morgan fingerprint density at radius 1 is 1.15 bits per heavy atom. The van der Waals surface area contributed by atoms with E-state index >= 15 is 0 Å². The van der Waals surface area contributed by atoms with E-state index in [9.17, 15) is 4.79 Å². The molecule has 0 saturated heterocycles. The van der Waals surface area contributed by atoms with Crippen LogP contribution in [0.25, 0.3) is 5.69 Å². The van der Waals surface area contributed by atoms with Crippen molar-refractivity contribution in [2.45, 2.75) is 34.2 Å². The number of pyridine rings is 1. The zero-order chi connectivity index (χ0) is 14.7. The first-order chi connectivity index (χ1) is 9.54. The van der Waals surface area contributed by atoms with Crippen LogP contribution in [0.15, 0.2) is 35.3 Å². The van der Waals surface area contributed by atoms with Gasteiger partial charge in [-0.25, -0.2) is 0 Å². The van der Waals surface area contributed by atoms with Crippen LogP contribution in [0, 0.1) is 20.8 Å². The zero-order valence-electron chi connectivity index (χ0n) is 12.7. The van der Waals surface area contributed by atoms with Crippen molar-refractivity contribution in [3.8, 4) is 5.69 Å². The number of aromatic nitrogens is 1. The molecule has 2 rings (SSSR count). The molecular formula is C17H22N2O. The van der Waals surface area contributed by atoms with Crippen molar-refractivity contribution in [2.24, 2.45) is 0 Å². The van der Waals surface area contributed by atoms with E-state index in [0.717, 1.165) is 17.8 Å². The summed E-state index contributed by atoms with van der Waals surface area (Å²) in [5.74, 6) is 0. The Kier molecular flexibility index (Phi) is 4.40. The lowest BCUT2D eigenvalue weighted by Gasteiger charge is -2.17. The molecule has 0 amide bonds. The minimum absolute atomic E-state index is 0.103. The van der Waals surface area contributed by atoms with E-state index < -0.39 is 0 Å². The molecule has 2 aromatic rings. The SMILES string of the molecule is CCNCc1cn(-c2c(C)cccc2C)c(C)cc1=O. The molecule has 0 aliphatic heterocycles. The highest BCUT2D eigenvalue weighted by atomic mass is 16.1. The van der Waals surface area contributed by atoms with Gasteiger partial charge in [0.2, 0.25) is 0 Å². The molecule has 0 saturated carbocycles. The molecule has 0 fully saturated rings. The lowest BCUT2D eigenvalue weighted by molar-refractivity contribution is 0.715. The topological polar surface area (TPSA) is 34.0 Å². The molecule has 1 heterocycles.